The van der Waals surface area contributed by atoms with Crippen LogP contribution in [-0.4, -0.2) is 17.6 Å². The van der Waals surface area contributed by atoms with Gasteiger partial charge in [0.2, 0.25) is 0 Å². The maximum absolute atomic E-state index is 11.7. The lowest BCUT2D eigenvalue weighted by Crippen LogP contribution is -2.37. The normalized spacial score (nSPS) is 9.76. The highest BCUT2D eigenvalue weighted by atomic mass is 32.1. The zero-order valence-corrected chi connectivity index (χ0v) is 12.4. The van der Waals surface area contributed by atoms with E-state index in [1.165, 1.54) is 0 Å². The van der Waals surface area contributed by atoms with E-state index in [1.54, 1.807) is 6.07 Å². The summed E-state index contributed by atoms with van der Waals surface area (Å²) in [5, 5.41) is 5.74. The summed E-state index contributed by atoms with van der Waals surface area (Å²) in [4.78, 5) is 11.7. The Morgan fingerprint density at radius 3 is 2.62 bits per heavy atom. The first-order valence-corrected chi connectivity index (χ1v) is 6.89. The summed E-state index contributed by atoms with van der Waals surface area (Å²) in [5.74, 6) is 0.358. The molecule has 0 aromatic heterocycles. The van der Waals surface area contributed by atoms with Gasteiger partial charge >= 0.3 is 0 Å². The average Bonchev–Trinajstić information content (AvgIpc) is 2.46. The van der Waals surface area contributed by atoms with Crippen LogP contribution in [0.25, 0.3) is 0 Å². The van der Waals surface area contributed by atoms with Crippen LogP contribution in [0, 0.1) is 6.92 Å². The molecule has 0 heterocycles. The highest BCUT2D eigenvalue weighted by molar-refractivity contribution is 7.80. The molecule has 0 saturated heterocycles. The van der Waals surface area contributed by atoms with Gasteiger partial charge in [-0.2, -0.15) is 0 Å². The second-order valence-corrected chi connectivity index (χ2v) is 4.88. The Labute approximate surface area is 129 Å². The lowest BCUT2D eigenvalue weighted by atomic mass is 10.2. The summed E-state index contributed by atoms with van der Waals surface area (Å²) in [6.07, 6.45) is 0. The van der Waals surface area contributed by atoms with Crippen molar-refractivity contribution in [3.8, 4) is 5.75 Å². The van der Waals surface area contributed by atoms with Gasteiger partial charge in [0.1, 0.15) is 5.75 Å². The van der Waals surface area contributed by atoms with Crippen molar-refractivity contribution in [2.45, 2.75) is 6.92 Å². The van der Waals surface area contributed by atoms with E-state index >= 15 is 0 Å². The van der Waals surface area contributed by atoms with Crippen molar-refractivity contribution < 1.29 is 9.53 Å². The van der Waals surface area contributed by atoms with Crippen LogP contribution in [0.1, 0.15) is 5.56 Å². The fraction of sp³-hybridized carbons (Fsp3) is 0.125. The van der Waals surface area contributed by atoms with Gasteiger partial charge in [-0.1, -0.05) is 30.3 Å². The molecule has 2 rings (SSSR count). The molecular formula is C16H16N2O2S. The van der Waals surface area contributed by atoms with E-state index in [0.717, 1.165) is 11.3 Å². The predicted molar refractivity (Wildman–Crippen MR) is 87.5 cm³/mol. The van der Waals surface area contributed by atoms with Gasteiger partial charge in [0, 0.05) is 5.69 Å². The highest BCUT2D eigenvalue weighted by Gasteiger charge is 2.06. The smallest absolute Gasteiger partial charge is 0.264 e. The third-order valence-corrected chi connectivity index (χ3v) is 2.85. The van der Waals surface area contributed by atoms with E-state index in [2.05, 4.69) is 10.6 Å². The number of benzene rings is 2. The third-order valence-electron chi connectivity index (χ3n) is 2.64. The topological polar surface area (TPSA) is 50.4 Å². The molecule has 2 N–H and O–H groups in total. The van der Waals surface area contributed by atoms with Gasteiger partial charge in [-0.05, 0) is 49.0 Å². The van der Waals surface area contributed by atoms with Crippen molar-refractivity contribution >= 4 is 28.9 Å². The molecule has 1 amide bonds. The summed E-state index contributed by atoms with van der Waals surface area (Å²) in [6, 6.07) is 16.9. The minimum absolute atomic E-state index is 0.0833. The first-order valence-electron chi connectivity index (χ1n) is 6.49. The van der Waals surface area contributed by atoms with Gasteiger partial charge in [0.15, 0.2) is 11.7 Å². The SMILES string of the molecule is Cc1cccc(OCC(=O)NC(=S)Nc2ccccc2)c1. The molecule has 0 bridgehead atoms. The largest absolute Gasteiger partial charge is 0.484 e. The van der Waals surface area contributed by atoms with Crippen molar-refractivity contribution in [2.24, 2.45) is 0 Å². The molecule has 0 fully saturated rings. The lowest BCUT2D eigenvalue weighted by molar-refractivity contribution is -0.121. The van der Waals surface area contributed by atoms with E-state index < -0.39 is 0 Å². The number of hydrogen-bond donors (Lipinski definition) is 2. The third kappa shape index (κ3) is 5.24. The number of carbonyl (C=O) groups excluding carboxylic acids is 1. The summed E-state index contributed by atoms with van der Waals surface area (Å²) in [6.45, 7) is 1.88. The Balaban J connectivity index is 1.78. The number of anilines is 1. The maximum atomic E-state index is 11.7. The molecular weight excluding hydrogens is 284 g/mol. The molecule has 4 nitrogen and oxygen atoms in total. The average molecular weight is 300 g/mol. The van der Waals surface area contributed by atoms with Crippen LogP contribution < -0.4 is 15.4 Å². The number of carbonyl (C=O) groups is 1. The molecule has 108 valence electrons. The van der Waals surface area contributed by atoms with Crippen LogP contribution in [0.4, 0.5) is 5.69 Å². The van der Waals surface area contributed by atoms with Crippen LogP contribution in [0.15, 0.2) is 54.6 Å². The van der Waals surface area contributed by atoms with Gasteiger partial charge in [-0.3, -0.25) is 10.1 Å². The van der Waals surface area contributed by atoms with Gasteiger partial charge in [-0.25, -0.2) is 0 Å². The molecule has 0 aliphatic heterocycles. The molecule has 0 aliphatic rings. The maximum Gasteiger partial charge on any atom is 0.264 e. The van der Waals surface area contributed by atoms with Crippen molar-refractivity contribution in [3.63, 3.8) is 0 Å². The number of hydrogen-bond acceptors (Lipinski definition) is 3. The monoisotopic (exact) mass is 300 g/mol. The van der Waals surface area contributed by atoms with Crippen LogP contribution in [-0.2, 0) is 4.79 Å². The van der Waals surface area contributed by atoms with Crippen LogP contribution >= 0.6 is 12.2 Å². The first-order chi connectivity index (χ1) is 10.1. The fourth-order valence-corrected chi connectivity index (χ4v) is 1.93. The zero-order valence-electron chi connectivity index (χ0n) is 11.6. The van der Waals surface area contributed by atoms with Crippen LogP contribution in [0.5, 0.6) is 5.75 Å². The van der Waals surface area contributed by atoms with Crippen LogP contribution in [0.2, 0.25) is 0 Å². The Kier molecular flexibility index (Phi) is 5.29. The molecule has 0 atom stereocenters. The van der Waals surface area contributed by atoms with Gasteiger partial charge in [0.05, 0.1) is 0 Å². The molecule has 0 unspecified atom stereocenters. The molecule has 0 spiro atoms. The minimum Gasteiger partial charge on any atom is -0.484 e. The van der Waals surface area contributed by atoms with E-state index in [4.69, 9.17) is 17.0 Å². The highest BCUT2D eigenvalue weighted by Crippen LogP contribution is 2.11. The number of aryl methyl sites for hydroxylation is 1. The zero-order chi connectivity index (χ0) is 15.1. The van der Waals surface area contributed by atoms with Crippen molar-refractivity contribution in [1.82, 2.24) is 5.32 Å². The molecule has 2 aromatic rings. The van der Waals surface area contributed by atoms with Crippen molar-refractivity contribution in [2.75, 3.05) is 11.9 Å². The van der Waals surface area contributed by atoms with E-state index in [0.29, 0.717) is 5.75 Å². The Bertz CT molecular complexity index is 629. The molecule has 0 radical (unpaired) electrons. The summed E-state index contributed by atoms with van der Waals surface area (Å²) in [7, 11) is 0. The Morgan fingerprint density at radius 2 is 1.90 bits per heavy atom. The lowest BCUT2D eigenvalue weighted by Gasteiger charge is -2.10. The second-order valence-electron chi connectivity index (χ2n) is 4.47. The number of nitrogens with one attached hydrogen (secondary N) is 2. The Hall–Kier alpha value is -2.40. The van der Waals surface area contributed by atoms with Crippen molar-refractivity contribution in [1.29, 1.82) is 0 Å². The number of amides is 1. The molecule has 2 aromatic carbocycles. The summed E-state index contributed by atoms with van der Waals surface area (Å²) in [5.41, 5.74) is 1.90. The standard InChI is InChI=1S/C16H16N2O2S/c1-12-6-5-9-14(10-12)20-11-15(19)18-16(21)17-13-7-3-2-4-8-13/h2-10H,11H2,1H3,(H2,17,18,19,21). The van der Waals surface area contributed by atoms with Gasteiger partial charge in [0.25, 0.3) is 5.91 Å². The molecule has 5 heteroatoms. The van der Waals surface area contributed by atoms with E-state index in [1.807, 2.05) is 55.5 Å². The fourth-order valence-electron chi connectivity index (χ4n) is 1.70. The number of para-hydroxylation sites is 1. The second kappa shape index (κ2) is 7.40. The Morgan fingerprint density at radius 1 is 1.14 bits per heavy atom. The van der Waals surface area contributed by atoms with Gasteiger partial charge < -0.3 is 10.1 Å². The molecule has 0 aliphatic carbocycles. The molecule has 21 heavy (non-hydrogen) atoms. The minimum atomic E-state index is -0.301. The van der Waals surface area contributed by atoms with E-state index in [9.17, 15) is 4.79 Å². The summed E-state index contributed by atoms with van der Waals surface area (Å²) < 4.78 is 5.40. The number of ether oxygens (including phenoxy) is 1. The van der Waals surface area contributed by atoms with Crippen molar-refractivity contribution in [3.05, 3.63) is 60.2 Å². The first kappa shape index (κ1) is 15.0. The van der Waals surface area contributed by atoms with E-state index in [-0.39, 0.29) is 17.6 Å². The number of rotatable bonds is 4. The predicted octanol–water partition coefficient (Wildman–Crippen LogP) is 2.89. The quantitative estimate of drug-likeness (QED) is 0.853. The summed E-state index contributed by atoms with van der Waals surface area (Å²) >= 11 is 5.07. The van der Waals surface area contributed by atoms with Crippen LogP contribution in [0.3, 0.4) is 0 Å². The van der Waals surface area contributed by atoms with Gasteiger partial charge in [-0.15, -0.1) is 0 Å². The molecule has 0 saturated carbocycles. The number of thiocarbonyl (C=S) groups is 1.